The molecule has 0 atom stereocenters. The molecule has 3 rings (SSSR count). The quantitative estimate of drug-likeness (QED) is 0.806. The summed E-state index contributed by atoms with van der Waals surface area (Å²) in [5.74, 6) is -1.15. The molecule has 1 heterocycles. The molecule has 0 radical (unpaired) electrons. The minimum atomic E-state index is -3.85. The lowest BCUT2D eigenvalue weighted by atomic mass is 10.1. The van der Waals surface area contributed by atoms with Gasteiger partial charge in [-0.1, -0.05) is 36.4 Å². The summed E-state index contributed by atoms with van der Waals surface area (Å²) in [6, 6.07) is 13.0. The van der Waals surface area contributed by atoms with Crippen molar-refractivity contribution in [1.82, 2.24) is 3.97 Å². The first kappa shape index (κ1) is 14.3. The number of hydrogen-bond acceptors (Lipinski definition) is 3. The molecule has 0 aliphatic heterocycles. The van der Waals surface area contributed by atoms with E-state index in [4.69, 9.17) is 0 Å². The molecule has 3 aromatic rings. The van der Waals surface area contributed by atoms with Gasteiger partial charge in [0, 0.05) is 11.6 Å². The molecule has 6 heteroatoms. The maximum absolute atomic E-state index is 12.8. The van der Waals surface area contributed by atoms with Gasteiger partial charge in [0.15, 0.2) is 0 Å². The van der Waals surface area contributed by atoms with E-state index >= 15 is 0 Å². The van der Waals surface area contributed by atoms with Crippen molar-refractivity contribution in [2.75, 3.05) is 0 Å². The fourth-order valence-electron chi connectivity index (χ4n) is 2.49. The molecule has 1 aromatic heterocycles. The largest absolute Gasteiger partial charge is 0.478 e. The van der Waals surface area contributed by atoms with Crippen LogP contribution < -0.4 is 0 Å². The summed E-state index contributed by atoms with van der Waals surface area (Å²) < 4.78 is 26.7. The van der Waals surface area contributed by atoms with Gasteiger partial charge in [0.1, 0.15) is 0 Å². The van der Waals surface area contributed by atoms with Crippen molar-refractivity contribution in [3.05, 3.63) is 65.9 Å². The Bertz CT molecular complexity index is 972. The summed E-state index contributed by atoms with van der Waals surface area (Å²) in [7, 11) is -3.85. The number of aromatic nitrogens is 1. The van der Waals surface area contributed by atoms with Crippen molar-refractivity contribution < 1.29 is 18.3 Å². The van der Waals surface area contributed by atoms with Crippen LogP contribution in [-0.2, 0) is 10.0 Å². The first-order valence-electron chi connectivity index (χ1n) is 6.57. The molecule has 0 aliphatic rings. The number of hydrogen-bond donors (Lipinski definition) is 1. The zero-order valence-corrected chi connectivity index (χ0v) is 12.5. The maximum atomic E-state index is 12.8. The molecule has 0 saturated heterocycles. The highest BCUT2D eigenvalue weighted by Crippen LogP contribution is 2.28. The molecule has 22 heavy (non-hydrogen) atoms. The number of benzene rings is 2. The van der Waals surface area contributed by atoms with Crippen LogP contribution >= 0.6 is 0 Å². The Labute approximate surface area is 127 Å². The molecule has 2 aromatic carbocycles. The number of fused-ring (bicyclic) bond motifs is 1. The van der Waals surface area contributed by atoms with E-state index in [9.17, 15) is 18.3 Å². The van der Waals surface area contributed by atoms with E-state index in [2.05, 4.69) is 0 Å². The summed E-state index contributed by atoms with van der Waals surface area (Å²) in [6.45, 7) is 1.75. The van der Waals surface area contributed by atoms with Gasteiger partial charge in [0.05, 0.1) is 16.0 Å². The fraction of sp³-hybridized carbons (Fsp3) is 0.0625. The Balaban J connectivity index is 2.40. The lowest BCUT2D eigenvalue weighted by Crippen LogP contribution is -2.12. The molecule has 0 unspecified atom stereocenters. The minimum absolute atomic E-state index is 0.0294. The smallest absolute Gasteiger partial charge is 0.337 e. The molecular weight excluding hydrogens is 302 g/mol. The van der Waals surface area contributed by atoms with Crippen LogP contribution in [0.5, 0.6) is 0 Å². The van der Waals surface area contributed by atoms with Crippen LogP contribution in [0.15, 0.2) is 59.6 Å². The van der Waals surface area contributed by atoms with E-state index in [0.717, 1.165) is 3.97 Å². The number of carboxylic acid groups (broad SMARTS) is 1. The van der Waals surface area contributed by atoms with E-state index in [1.54, 1.807) is 43.3 Å². The Hall–Kier alpha value is -2.60. The molecule has 0 saturated carbocycles. The number of aromatic carboxylic acids is 1. The highest BCUT2D eigenvalue weighted by Gasteiger charge is 2.24. The first-order chi connectivity index (χ1) is 10.4. The average molecular weight is 315 g/mol. The van der Waals surface area contributed by atoms with Crippen LogP contribution in [0.3, 0.4) is 0 Å². The van der Waals surface area contributed by atoms with Crippen LogP contribution in [0.2, 0.25) is 0 Å². The summed E-state index contributed by atoms with van der Waals surface area (Å²) in [4.78, 5) is 11.5. The molecule has 0 fully saturated rings. The topological polar surface area (TPSA) is 76.4 Å². The van der Waals surface area contributed by atoms with Gasteiger partial charge in [0.2, 0.25) is 0 Å². The molecule has 5 nitrogen and oxygen atoms in total. The van der Waals surface area contributed by atoms with Crippen molar-refractivity contribution in [3.8, 4) is 0 Å². The van der Waals surface area contributed by atoms with Crippen molar-refractivity contribution >= 4 is 26.9 Å². The molecule has 0 aliphatic carbocycles. The van der Waals surface area contributed by atoms with Crippen LogP contribution in [0.25, 0.3) is 10.9 Å². The van der Waals surface area contributed by atoms with Gasteiger partial charge in [0.25, 0.3) is 10.0 Å². The van der Waals surface area contributed by atoms with Gasteiger partial charge in [-0.3, -0.25) is 0 Å². The van der Waals surface area contributed by atoms with E-state index in [1.807, 2.05) is 0 Å². The first-order valence-corrected chi connectivity index (χ1v) is 8.01. The number of carboxylic acids is 1. The minimum Gasteiger partial charge on any atom is -0.478 e. The molecule has 0 bridgehead atoms. The fourth-order valence-corrected chi connectivity index (χ4v) is 3.94. The van der Waals surface area contributed by atoms with Crippen molar-refractivity contribution in [2.45, 2.75) is 11.8 Å². The second-order valence-electron chi connectivity index (χ2n) is 4.93. The summed E-state index contributed by atoms with van der Waals surface area (Å²) in [5.41, 5.74) is 1.06. The molecule has 0 spiro atoms. The highest BCUT2D eigenvalue weighted by molar-refractivity contribution is 7.90. The lowest BCUT2D eigenvalue weighted by Gasteiger charge is -2.08. The number of carbonyl (C=O) groups is 1. The molecule has 1 N–H and O–H groups in total. The Morgan fingerprint density at radius 1 is 1.05 bits per heavy atom. The zero-order valence-electron chi connectivity index (χ0n) is 11.7. The van der Waals surface area contributed by atoms with Crippen LogP contribution in [0.4, 0.5) is 0 Å². The van der Waals surface area contributed by atoms with Gasteiger partial charge in [-0.25, -0.2) is 17.2 Å². The molecular formula is C16H13NO4S. The van der Waals surface area contributed by atoms with Gasteiger partial charge >= 0.3 is 5.97 Å². The summed E-state index contributed by atoms with van der Waals surface area (Å²) >= 11 is 0. The van der Waals surface area contributed by atoms with Gasteiger partial charge in [-0.2, -0.15) is 0 Å². The normalized spacial score (nSPS) is 11.7. The van der Waals surface area contributed by atoms with Crippen molar-refractivity contribution in [2.24, 2.45) is 0 Å². The van der Waals surface area contributed by atoms with Crippen LogP contribution in [0.1, 0.15) is 15.9 Å². The highest BCUT2D eigenvalue weighted by atomic mass is 32.2. The second-order valence-corrected chi connectivity index (χ2v) is 6.75. The molecule has 112 valence electrons. The Morgan fingerprint density at radius 3 is 2.36 bits per heavy atom. The predicted molar refractivity (Wildman–Crippen MR) is 82.7 cm³/mol. The van der Waals surface area contributed by atoms with Crippen LogP contribution in [0, 0.1) is 6.92 Å². The van der Waals surface area contributed by atoms with Crippen molar-refractivity contribution in [1.29, 1.82) is 0 Å². The number of para-hydroxylation sites is 1. The maximum Gasteiger partial charge on any atom is 0.337 e. The predicted octanol–water partition coefficient (Wildman–Crippen LogP) is 2.88. The van der Waals surface area contributed by atoms with E-state index in [1.165, 1.54) is 18.3 Å². The standard InChI is InChI=1S/C16H13NO4S/c1-11-6-5-9-13-14(16(18)19)10-17(15(11)13)22(20,21)12-7-3-2-4-8-12/h2-10H,1H3,(H,18,19). The molecule has 0 amide bonds. The third-order valence-corrected chi connectivity index (χ3v) is 5.20. The Morgan fingerprint density at radius 2 is 1.73 bits per heavy atom. The lowest BCUT2D eigenvalue weighted by molar-refractivity contribution is 0.0699. The van der Waals surface area contributed by atoms with E-state index in [-0.39, 0.29) is 10.5 Å². The third kappa shape index (κ3) is 2.08. The van der Waals surface area contributed by atoms with Gasteiger partial charge in [-0.15, -0.1) is 0 Å². The van der Waals surface area contributed by atoms with E-state index in [0.29, 0.717) is 16.5 Å². The van der Waals surface area contributed by atoms with E-state index < -0.39 is 16.0 Å². The van der Waals surface area contributed by atoms with Gasteiger partial charge in [-0.05, 0) is 24.6 Å². The van der Waals surface area contributed by atoms with Crippen molar-refractivity contribution in [3.63, 3.8) is 0 Å². The monoisotopic (exact) mass is 315 g/mol. The summed E-state index contributed by atoms with van der Waals surface area (Å²) in [6.07, 6.45) is 1.17. The number of aryl methyl sites for hydroxylation is 1. The Kier molecular flexibility index (Phi) is 3.26. The van der Waals surface area contributed by atoms with Crippen LogP contribution in [-0.4, -0.2) is 23.5 Å². The third-order valence-electron chi connectivity index (χ3n) is 3.53. The average Bonchev–Trinajstić information content (AvgIpc) is 2.90. The summed E-state index contributed by atoms with van der Waals surface area (Å²) in [5, 5.41) is 9.72. The zero-order chi connectivity index (χ0) is 15.9. The van der Waals surface area contributed by atoms with Gasteiger partial charge < -0.3 is 5.11 Å². The number of nitrogens with zero attached hydrogens (tertiary/aromatic N) is 1. The number of rotatable bonds is 3. The second kappa shape index (κ2) is 4.99. The SMILES string of the molecule is Cc1cccc2c(C(=O)O)cn(S(=O)(=O)c3ccccc3)c12.